The summed E-state index contributed by atoms with van der Waals surface area (Å²) in [4.78, 5) is 4.78. The summed E-state index contributed by atoms with van der Waals surface area (Å²) in [5.41, 5.74) is 1.36. The van der Waals surface area contributed by atoms with Gasteiger partial charge in [0, 0.05) is 35.8 Å². The van der Waals surface area contributed by atoms with Gasteiger partial charge in [-0.3, -0.25) is 0 Å². The molecule has 1 fully saturated rings. The summed E-state index contributed by atoms with van der Waals surface area (Å²) in [6.07, 6.45) is 2.14. The molecular formula is C14H24N2OS. The molecule has 0 amide bonds. The normalized spacial score (nSPS) is 25.3. The topological polar surface area (TPSA) is 34.1 Å². The van der Waals surface area contributed by atoms with Crippen molar-refractivity contribution in [2.24, 2.45) is 5.92 Å². The van der Waals surface area contributed by atoms with Crippen LogP contribution in [0.1, 0.15) is 37.9 Å². The molecular weight excluding hydrogens is 244 g/mol. The van der Waals surface area contributed by atoms with Crippen LogP contribution in [0.2, 0.25) is 0 Å². The monoisotopic (exact) mass is 268 g/mol. The van der Waals surface area contributed by atoms with Gasteiger partial charge in [0.25, 0.3) is 0 Å². The Morgan fingerprint density at radius 2 is 2.28 bits per heavy atom. The smallest absolute Gasteiger partial charge is 0.0932 e. The van der Waals surface area contributed by atoms with Crippen molar-refractivity contribution < 1.29 is 4.74 Å². The first-order valence-electron chi connectivity index (χ1n) is 6.70. The summed E-state index contributed by atoms with van der Waals surface area (Å²) in [6.45, 7) is 8.38. The van der Waals surface area contributed by atoms with E-state index in [0.29, 0.717) is 12.0 Å². The van der Waals surface area contributed by atoms with E-state index in [1.54, 1.807) is 11.3 Å². The van der Waals surface area contributed by atoms with Crippen LogP contribution in [0.5, 0.6) is 0 Å². The van der Waals surface area contributed by atoms with Gasteiger partial charge in [-0.25, -0.2) is 4.98 Å². The van der Waals surface area contributed by atoms with Crippen molar-refractivity contribution in [3.8, 4) is 0 Å². The fourth-order valence-electron chi connectivity index (χ4n) is 2.35. The minimum absolute atomic E-state index is 0.153. The van der Waals surface area contributed by atoms with Gasteiger partial charge >= 0.3 is 0 Å². The molecule has 2 heterocycles. The summed E-state index contributed by atoms with van der Waals surface area (Å²) >= 11 is 1.79. The molecule has 4 heteroatoms. The van der Waals surface area contributed by atoms with Gasteiger partial charge in [-0.15, -0.1) is 11.3 Å². The third-order valence-corrected chi connectivity index (χ3v) is 4.47. The van der Waals surface area contributed by atoms with Crippen LogP contribution in [0.15, 0.2) is 5.38 Å². The van der Waals surface area contributed by atoms with Crippen molar-refractivity contribution in [2.45, 2.75) is 45.1 Å². The first-order chi connectivity index (χ1) is 8.50. The van der Waals surface area contributed by atoms with Crippen LogP contribution < -0.4 is 5.32 Å². The summed E-state index contributed by atoms with van der Waals surface area (Å²) in [5, 5.41) is 6.86. The molecule has 2 unspecified atom stereocenters. The van der Waals surface area contributed by atoms with Gasteiger partial charge in [-0.05, 0) is 13.5 Å². The zero-order valence-electron chi connectivity index (χ0n) is 11.8. The molecule has 102 valence electrons. The number of hydrogen-bond donors (Lipinski definition) is 1. The highest BCUT2D eigenvalue weighted by Crippen LogP contribution is 2.27. The molecule has 1 aromatic rings. The molecule has 2 atom stereocenters. The number of thiazole rings is 1. The first kappa shape index (κ1) is 14.0. The average Bonchev–Trinajstić information content (AvgIpc) is 2.78. The Labute approximate surface area is 114 Å². The largest absolute Gasteiger partial charge is 0.381 e. The van der Waals surface area contributed by atoms with E-state index < -0.39 is 0 Å². The molecule has 1 aliphatic rings. The van der Waals surface area contributed by atoms with Crippen LogP contribution >= 0.6 is 11.3 Å². The highest BCUT2D eigenvalue weighted by Gasteiger charge is 2.26. The molecule has 0 bridgehead atoms. The quantitative estimate of drug-likeness (QED) is 0.915. The second-order valence-corrected chi connectivity index (χ2v) is 7.04. The molecule has 0 aromatic carbocycles. The Hall–Kier alpha value is -0.450. The van der Waals surface area contributed by atoms with E-state index in [4.69, 9.17) is 9.72 Å². The van der Waals surface area contributed by atoms with Crippen molar-refractivity contribution in [1.82, 2.24) is 10.3 Å². The lowest BCUT2D eigenvalue weighted by Crippen LogP contribution is -2.41. The standard InChI is InChI=1S/C14H24N2OS/c1-14(2,3)12-9-18-13(16-12)7-10-8-17-6-5-11(10)15-4/h9-11,15H,5-8H2,1-4H3. The number of nitrogens with one attached hydrogen (secondary N) is 1. The van der Waals surface area contributed by atoms with E-state index in [2.05, 4.69) is 31.5 Å². The molecule has 1 aromatic heterocycles. The fourth-order valence-corrected chi connectivity index (χ4v) is 3.47. The second kappa shape index (κ2) is 5.68. The Kier molecular flexibility index (Phi) is 4.41. The number of aromatic nitrogens is 1. The number of ether oxygens (including phenoxy) is 1. The SMILES string of the molecule is CNC1CCOCC1Cc1nc(C(C)(C)C)cs1. The van der Waals surface area contributed by atoms with Crippen LogP contribution in [0, 0.1) is 5.92 Å². The Balaban J connectivity index is 2.02. The highest BCUT2D eigenvalue weighted by atomic mass is 32.1. The van der Waals surface area contributed by atoms with Gasteiger partial charge in [-0.1, -0.05) is 20.8 Å². The van der Waals surface area contributed by atoms with Crippen molar-refractivity contribution >= 4 is 11.3 Å². The number of nitrogens with zero attached hydrogens (tertiary/aromatic N) is 1. The summed E-state index contributed by atoms with van der Waals surface area (Å²) in [6, 6.07) is 0.570. The van der Waals surface area contributed by atoms with Crippen LogP contribution in [0.25, 0.3) is 0 Å². The lowest BCUT2D eigenvalue weighted by atomic mass is 9.92. The van der Waals surface area contributed by atoms with Gasteiger partial charge < -0.3 is 10.1 Å². The van der Waals surface area contributed by atoms with Crippen LogP contribution in [0.3, 0.4) is 0 Å². The third kappa shape index (κ3) is 3.31. The molecule has 2 rings (SSSR count). The zero-order valence-corrected chi connectivity index (χ0v) is 12.6. The van der Waals surface area contributed by atoms with Gasteiger partial charge in [0.05, 0.1) is 17.3 Å². The molecule has 0 aliphatic carbocycles. The molecule has 0 radical (unpaired) electrons. The second-order valence-electron chi connectivity index (χ2n) is 6.10. The van der Waals surface area contributed by atoms with Crippen molar-refractivity contribution in [1.29, 1.82) is 0 Å². The van der Waals surface area contributed by atoms with Crippen molar-refractivity contribution in [3.63, 3.8) is 0 Å². The van der Waals surface area contributed by atoms with Crippen molar-refractivity contribution in [3.05, 3.63) is 16.1 Å². The van der Waals surface area contributed by atoms with E-state index >= 15 is 0 Å². The van der Waals surface area contributed by atoms with E-state index in [1.165, 1.54) is 10.7 Å². The maximum absolute atomic E-state index is 5.60. The molecule has 1 N–H and O–H groups in total. The predicted molar refractivity (Wildman–Crippen MR) is 76.3 cm³/mol. The molecule has 0 spiro atoms. The molecule has 3 nitrogen and oxygen atoms in total. The fraction of sp³-hybridized carbons (Fsp3) is 0.786. The third-order valence-electron chi connectivity index (χ3n) is 3.60. The Bertz CT molecular complexity index is 383. The lowest BCUT2D eigenvalue weighted by Gasteiger charge is -2.30. The zero-order chi connectivity index (χ0) is 13.2. The Morgan fingerprint density at radius 3 is 2.89 bits per heavy atom. The van der Waals surface area contributed by atoms with Crippen molar-refractivity contribution in [2.75, 3.05) is 20.3 Å². The minimum Gasteiger partial charge on any atom is -0.381 e. The van der Waals surface area contributed by atoms with Gasteiger partial charge in [0.2, 0.25) is 0 Å². The average molecular weight is 268 g/mol. The summed E-state index contributed by atoms with van der Waals surface area (Å²) < 4.78 is 5.60. The number of hydrogen-bond acceptors (Lipinski definition) is 4. The van der Waals surface area contributed by atoms with Crippen LogP contribution in [-0.4, -0.2) is 31.3 Å². The van der Waals surface area contributed by atoms with E-state index in [1.807, 2.05) is 7.05 Å². The summed E-state index contributed by atoms with van der Waals surface area (Å²) in [5.74, 6) is 0.558. The van der Waals surface area contributed by atoms with Gasteiger partial charge in [0.1, 0.15) is 0 Å². The van der Waals surface area contributed by atoms with Gasteiger partial charge in [0.15, 0.2) is 0 Å². The molecule has 1 aliphatic heterocycles. The molecule has 18 heavy (non-hydrogen) atoms. The highest BCUT2D eigenvalue weighted by molar-refractivity contribution is 7.09. The van der Waals surface area contributed by atoms with Crippen LogP contribution in [-0.2, 0) is 16.6 Å². The minimum atomic E-state index is 0.153. The van der Waals surface area contributed by atoms with E-state index in [0.717, 1.165) is 26.1 Å². The van der Waals surface area contributed by atoms with Crippen LogP contribution in [0.4, 0.5) is 0 Å². The number of rotatable bonds is 3. The predicted octanol–water partition coefficient (Wildman–Crippen LogP) is 2.61. The lowest BCUT2D eigenvalue weighted by molar-refractivity contribution is 0.0342. The molecule has 0 saturated carbocycles. The maximum atomic E-state index is 5.60. The van der Waals surface area contributed by atoms with Gasteiger partial charge in [-0.2, -0.15) is 0 Å². The van der Waals surface area contributed by atoms with E-state index in [9.17, 15) is 0 Å². The van der Waals surface area contributed by atoms with E-state index in [-0.39, 0.29) is 5.41 Å². The maximum Gasteiger partial charge on any atom is 0.0932 e. The summed E-state index contributed by atoms with van der Waals surface area (Å²) in [7, 11) is 2.05. The molecule has 1 saturated heterocycles. The Morgan fingerprint density at radius 1 is 1.50 bits per heavy atom. The first-order valence-corrected chi connectivity index (χ1v) is 7.58.